The molecule has 0 saturated carbocycles. The molecule has 0 bridgehead atoms. The predicted octanol–water partition coefficient (Wildman–Crippen LogP) is 1.75. The Morgan fingerprint density at radius 3 is 2.56 bits per heavy atom. The van der Waals surface area contributed by atoms with Gasteiger partial charge < -0.3 is 28.4 Å². The number of hydrogen-bond acceptors (Lipinski definition) is 10. The molecule has 0 amide bonds. The first-order chi connectivity index (χ1) is 17.7. The van der Waals surface area contributed by atoms with Crippen molar-refractivity contribution in [3.8, 4) is 5.82 Å². The molecule has 36 heavy (non-hydrogen) atoms. The summed E-state index contributed by atoms with van der Waals surface area (Å²) in [6.07, 6.45) is 8.72. The SMILES string of the molecule is C=CCO[C@H]1[C@H](OC2CCCCO2)[C@@H](COC2CCCCO2)O[C@H]1n1ccc(-n2cncn2)nc1=O. The highest BCUT2D eigenvalue weighted by Crippen LogP contribution is 2.35. The van der Waals surface area contributed by atoms with Crippen molar-refractivity contribution < 1.29 is 28.4 Å². The van der Waals surface area contributed by atoms with Crippen molar-refractivity contribution in [3.05, 3.63) is 48.1 Å². The van der Waals surface area contributed by atoms with Crippen LogP contribution in [0.5, 0.6) is 0 Å². The number of rotatable bonds is 10. The van der Waals surface area contributed by atoms with Crippen molar-refractivity contribution in [1.29, 1.82) is 0 Å². The second kappa shape index (κ2) is 12.2. The quantitative estimate of drug-likeness (QED) is 0.443. The summed E-state index contributed by atoms with van der Waals surface area (Å²) in [4.78, 5) is 21.1. The standard InChI is InChI=1S/C24H33N5O7/c1-2-11-33-22-21(36-20-8-4-6-13-32-20)17(14-34-19-7-3-5-12-31-19)35-23(22)28-10-9-18(27-24(28)30)29-16-25-15-26-29/h2,9-10,15-17,19-23H,1,3-8,11-14H2/t17-,19?,20?,21-,22+,23-/m1/s1. The summed E-state index contributed by atoms with van der Waals surface area (Å²) < 4.78 is 39.4. The van der Waals surface area contributed by atoms with Crippen LogP contribution in [0.25, 0.3) is 5.82 Å². The smallest absolute Gasteiger partial charge is 0.351 e. The predicted molar refractivity (Wildman–Crippen MR) is 125 cm³/mol. The lowest BCUT2D eigenvalue weighted by molar-refractivity contribution is -0.225. The minimum Gasteiger partial charge on any atom is -0.367 e. The minimum absolute atomic E-state index is 0.228. The van der Waals surface area contributed by atoms with Crippen molar-refractivity contribution in [2.75, 3.05) is 26.4 Å². The maximum atomic E-state index is 13.1. The molecule has 196 valence electrons. The lowest BCUT2D eigenvalue weighted by Gasteiger charge is -2.31. The summed E-state index contributed by atoms with van der Waals surface area (Å²) >= 11 is 0. The summed E-state index contributed by atoms with van der Waals surface area (Å²) in [5.41, 5.74) is -0.509. The molecule has 0 spiro atoms. The van der Waals surface area contributed by atoms with Crippen molar-refractivity contribution in [2.45, 2.75) is 75.6 Å². The molecular formula is C24H33N5O7. The average molecular weight is 504 g/mol. The Morgan fingerprint density at radius 2 is 1.89 bits per heavy atom. The number of aromatic nitrogens is 5. The topological polar surface area (TPSA) is 121 Å². The van der Waals surface area contributed by atoms with E-state index < -0.39 is 30.2 Å². The van der Waals surface area contributed by atoms with Crippen LogP contribution in [-0.2, 0) is 28.4 Å². The molecule has 3 saturated heterocycles. The lowest BCUT2D eigenvalue weighted by Crippen LogP contribution is -2.43. The van der Waals surface area contributed by atoms with Crippen LogP contribution in [0.4, 0.5) is 0 Å². The Labute approximate surface area is 209 Å². The van der Waals surface area contributed by atoms with Gasteiger partial charge in [0.05, 0.1) is 13.2 Å². The van der Waals surface area contributed by atoms with Crippen LogP contribution in [0.15, 0.2) is 42.4 Å². The van der Waals surface area contributed by atoms with E-state index in [1.54, 1.807) is 18.3 Å². The molecule has 5 rings (SSSR count). The Balaban J connectivity index is 1.39. The molecule has 5 heterocycles. The van der Waals surface area contributed by atoms with Crippen LogP contribution in [0.2, 0.25) is 0 Å². The monoisotopic (exact) mass is 503 g/mol. The van der Waals surface area contributed by atoms with E-state index in [-0.39, 0.29) is 25.8 Å². The Bertz CT molecular complexity index is 1020. The van der Waals surface area contributed by atoms with Gasteiger partial charge in [-0.25, -0.2) is 14.5 Å². The summed E-state index contributed by atoms with van der Waals surface area (Å²) in [5, 5.41) is 4.03. The van der Waals surface area contributed by atoms with E-state index in [4.69, 9.17) is 28.4 Å². The van der Waals surface area contributed by atoms with E-state index in [1.807, 2.05) is 0 Å². The van der Waals surface area contributed by atoms with E-state index in [2.05, 4.69) is 21.6 Å². The van der Waals surface area contributed by atoms with Gasteiger partial charge in [-0.15, -0.1) is 6.58 Å². The molecule has 3 fully saturated rings. The lowest BCUT2D eigenvalue weighted by atomic mass is 10.1. The van der Waals surface area contributed by atoms with Crippen molar-refractivity contribution >= 4 is 0 Å². The van der Waals surface area contributed by atoms with Gasteiger partial charge in [-0.2, -0.15) is 10.1 Å². The van der Waals surface area contributed by atoms with Gasteiger partial charge >= 0.3 is 5.69 Å². The van der Waals surface area contributed by atoms with Crippen LogP contribution in [0, 0.1) is 0 Å². The fraction of sp³-hybridized carbons (Fsp3) is 0.667. The minimum atomic E-state index is -0.788. The summed E-state index contributed by atoms with van der Waals surface area (Å²) in [6, 6.07) is 1.67. The maximum Gasteiger partial charge on any atom is 0.351 e. The first-order valence-electron chi connectivity index (χ1n) is 12.6. The van der Waals surface area contributed by atoms with Crippen LogP contribution in [0.3, 0.4) is 0 Å². The Morgan fingerprint density at radius 1 is 1.08 bits per heavy atom. The second-order valence-corrected chi connectivity index (χ2v) is 8.99. The highest BCUT2D eigenvalue weighted by molar-refractivity contribution is 5.16. The Kier molecular flexibility index (Phi) is 8.51. The molecule has 3 aliphatic heterocycles. The van der Waals surface area contributed by atoms with E-state index >= 15 is 0 Å². The molecule has 0 aromatic carbocycles. The molecule has 6 atom stereocenters. The van der Waals surface area contributed by atoms with Crippen molar-refractivity contribution in [1.82, 2.24) is 24.3 Å². The third kappa shape index (κ3) is 5.90. The van der Waals surface area contributed by atoms with Gasteiger partial charge in [0.25, 0.3) is 0 Å². The van der Waals surface area contributed by atoms with Crippen LogP contribution >= 0.6 is 0 Å². The van der Waals surface area contributed by atoms with Gasteiger partial charge in [0.2, 0.25) is 0 Å². The third-order valence-electron chi connectivity index (χ3n) is 6.47. The second-order valence-electron chi connectivity index (χ2n) is 8.99. The molecule has 12 heteroatoms. The van der Waals surface area contributed by atoms with Gasteiger partial charge in [0.1, 0.15) is 31.0 Å². The zero-order valence-electron chi connectivity index (χ0n) is 20.2. The van der Waals surface area contributed by atoms with Crippen LogP contribution < -0.4 is 5.69 Å². The zero-order valence-corrected chi connectivity index (χ0v) is 20.2. The molecule has 0 N–H and O–H groups in total. The highest BCUT2D eigenvalue weighted by atomic mass is 16.7. The van der Waals surface area contributed by atoms with Crippen molar-refractivity contribution in [3.63, 3.8) is 0 Å². The van der Waals surface area contributed by atoms with Crippen LogP contribution in [-0.4, -0.2) is 81.6 Å². The average Bonchev–Trinajstić information content (AvgIpc) is 3.56. The van der Waals surface area contributed by atoms with Gasteiger partial charge in [0.15, 0.2) is 24.6 Å². The largest absolute Gasteiger partial charge is 0.367 e. The summed E-state index contributed by atoms with van der Waals surface area (Å²) in [7, 11) is 0. The van der Waals surface area contributed by atoms with E-state index in [0.717, 1.165) is 38.5 Å². The van der Waals surface area contributed by atoms with Crippen molar-refractivity contribution in [2.24, 2.45) is 0 Å². The van der Waals surface area contributed by atoms with Gasteiger partial charge in [-0.05, 0) is 44.6 Å². The molecule has 3 aliphatic rings. The number of nitrogens with zero attached hydrogens (tertiary/aromatic N) is 5. The Hall–Kier alpha value is -2.48. The molecule has 0 radical (unpaired) electrons. The fourth-order valence-corrected chi connectivity index (χ4v) is 4.68. The van der Waals surface area contributed by atoms with Gasteiger partial charge in [-0.3, -0.25) is 4.57 Å². The zero-order chi connectivity index (χ0) is 24.7. The maximum absolute atomic E-state index is 13.1. The molecule has 2 aromatic rings. The van der Waals surface area contributed by atoms with Crippen LogP contribution in [0.1, 0.15) is 44.8 Å². The number of hydrogen-bond donors (Lipinski definition) is 0. The van der Waals surface area contributed by atoms with E-state index in [9.17, 15) is 4.79 Å². The fourth-order valence-electron chi connectivity index (χ4n) is 4.68. The molecular weight excluding hydrogens is 470 g/mol. The summed E-state index contributed by atoms with van der Waals surface area (Å²) in [5.74, 6) is 0.355. The normalized spacial score (nSPS) is 30.9. The highest BCUT2D eigenvalue weighted by Gasteiger charge is 2.49. The molecule has 0 aliphatic carbocycles. The molecule has 2 unspecified atom stereocenters. The van der Waals surface area contributed by atoms with Gasteiger partial charge in [-0.1, -0.05) is 6.08 Å². The molecule has 12 nitrogen and oxygen atoms in total. The van der Waals surface area contributed by atoms with Gasteiger partial charge in [0, 0.05) is 19.4 Å². The molecule has 2 aromatic heterocycles. The third-order valence-corrected chi connectivity index (χ3v) is 6.47. The summed E-state index contributed by atoms with van der Waals surface area (Å²) in [6.45, 7) is 5.57. The van der Waals surface area contributed by atoms with E-state index in [0.29, 0.717) is 19.0 Å². The van der Waals surface area contributed by atoms with E-state index in [1.165, 1.54) is 21.9 Å². The first-order valence-corrected chi connectivity index (χ1v) is 12.6. The first kappa shape index (κ1) is 25.2. The number of ether oxygens (including phenoxy) is 6.